The molecule has 0 fully saturated rings. The van der Waals surface area contributed by atoms with E-state index in [1.165, 1.54) is 12.1 Å². The Morgan fingerprint density at radius 1 is 1.03 bits per heavy atom. The molecule has 0 aliphatic heterocycles. The van der Waals surface area contributed by atoms with Gasteiger partial charge in [0.1, 0.15) is 5.82 Å². The van der Waals surface area contributed by atoms with Gasteiger partial charge < -0.3 is 5.32 Å². The van der Waals surface area contributed by atoms with Crippen LogP contribution in [0.3, 0.4) is 0 Å². The first-order chi connectivity index (χ1) is 14.6. The van der Waals surface area contributed by atoms with Crippen molar-refractivity contribution in [1.82, 2.24) is 5.32 Å². The molecular formula is C19H18F4N2O5S2. The number of benzene rings is 2. The number of hydrogen-bond donors (Lipinski definition) is 2. The predicted octanol–water partition coefficient (Wildman–Crippen LogP) is 3.27. The number of nitrogens with one attached hydrogen (secondary N) is 2. The Bertz CT molecular complexity index is 1260. The van der Waals surface area contributed by atoms with Gasteiger partial charge in [-0.05, 0) is 42.8 Å². The van der Waals surface area contributed by atoms with Gasteiger partial charge in [0.05, 0.1) is 21.0 Å². The minimum Gasteiger partial charge on any atom is -0.352 e. The van der Waals surface area contributed by atoms with Gasteiger partial charge in [0.2, 0.25) is 0 Å². The van der Waals surface area contributed by atoms with Gasteiger partial charge in [0.25, 0.3) is 15.9 Å². The number of sulfone groups is 1. The number of alkyl halides is 3. The summed E-state index contributed by atoms with van der Waals surface area (Å²) in [4.78, 5) is 11.6. The summed E-state index contributed by atoms with van der Waals surface area (Å²) in [6.45, 7) is 2.42. The molecule has 13 heteroatoms. The molecule has 2 rings (SSSR count). The van der Waals surface area contributed by atoms with Crippen molar-refractivity contribution in [1.29, 1.82) is 0 Å². The van der Waals surface area contributed by atoms with Gasteiger partial charge in [-0.1, -0.05) is 12.6 Å². The molecule has 0 atom stereocenters. The second-order valence-corrected chi connectivity index (χ2v) is 10.3. The summed E-state index contributed by atoms with van der Waals surface area (Å²) in [5.74, 6) is -1.85. The minimum atomic E-state index is -4.62. The summed E-state index contributed by atoms with van der Waals surface area (Å²) >= 11 is 0. The van der Waals surface area contributed by atoms with E-state index in [1.54, 1.807) is 0 Å². The average molecular weight is 494 g/mol. The van der Waals surface area contributed by atoms with Crippen LogP contribution in [0.15, 0.2) is 64.4 Å². The third-order valence-electron chi connectivity index (χ3n) is 4.13. The summed E-state index contributed by atoms with van der Waals surface area (Å²) in [5.41, 5.74) is -1.91. The van der Waals surface area contributed by atoms with Crippen molar-refractivity contribution in [3.05, 3.63) is 66.0 Å². The van der Waals surface area contributed by atoms with E-state index >= 15 is 0 Å². The van der Waals surface area contributed by atoms with Gasteiger partial charge in [-0.25, -0.2) is 21.2 Å². The summed E-state index contributed by atoms with van der Waals surface area (Å²) in [5, 5.41) is 2.18. The van der Waals surface area contributed by atoms with Crippen LogP contribution in [-0.4, -0.2) is 41.7 Å². The zero-order valence-electron chi connectivity index (χ0n) is 16.5. The number of hydrogen-bond acceptors (Lipinski definition) is 5. The highest BCUT2D eigenvalue weighted by atomic mass is 32.2. The molecule has 0 aromatic heterocycles. The molecule has 0 spiro atoms. The maximum absolute atomic E-state index is 13.7. The molecule has 0 heterocycles. The highest BCUT2D eigenvalue weighted by molar-refractivity contribution is 7.93. The lowest BCUT2D eigenvalue weighted by Crippen LogP contribution is -2.27. The van der Waals surface area contributed by atoms with Crippen LogP contribution in [-0.2, 0) is 19.9 Å². The van der Waals surface area contributed by atoms with Gasteiger partial charge in [-0.3, -0.25) is 9.52 Å². The van der Waals surface area contributed by atoms with Crippen molar-refractivity contribution >= 4 is 31.5 Å². The smallest absolute Gasteiger partial charge is 0.352 e. The Morgan fingerprint density at radius 2 is 1.66 bits per heavy atom. The number of amides is 1. The fourth-order valence-corrected chi connectivity index (χ4v) is 4.30. The van der Waals surface area contributed by atoms with Crippen molar-refractivity contribution in [2.75, 3.05) is 17.5 Å². The van der Waals surface area contributed by atoms with Crippen LogP contribution in [0, 0.1) is 5.82 Å². The third kappa shape index (κ3) is 6.53. The number of rotatable bonds is 8. The largest absolute Gasteiger partial charge is 0.412 e. The molecule has 0 aliphatic rings. The van der Waals surface area contributed by atoms with E-state index in [9.17, 15) is 39.2 Å². The predicted molar refractivity (Wildman–Crippen MR) is 109 cm³/mol. The lowest BCUT2D eigenvalue weighted by Gasteiger charge is -2.14. The zero-order chi connectivity index (χ0) is 24.3. The first-order valence-corrected chi connectivity index (χ1v) is 12.1. The average Bonchev–Trinajstić information content (AvgIpc) is 2.66. The summed E-state index contributed by atoms with van der Waals surface area (Å²) in [6.07, 6.45) is -4.34. The molecular weight excluding hydrogens is 476 g/mol. The minimum absolute atomic E-state index is 0.275. The maximum Gasteiger partial charge on any atom is 0.412 e. The van der Waals surface area contributed by atoms with Gasteiger partial charge in [-0.2, -0.15) is 13.2 Å². The Kier molecular flexibility index (Phi) is 7.35. The SMILES string of the molecule is C=C(CCNC(=O)c1ccc(F)cc1NS(=O)(=O)c1cccc(S(C)(=O)=O)c1)C(F)(F)F. The fraction of sp³-hybridized carbons (Fsp3) is 0.211. The van der Waals surface area contributed by atoms with Gasteiger partial charge in [-0.15, -0.1) is 0 Å². The molecule has 0 radical (unpaired) electrons. The Labute approximate surface area is 182 Å². The number of carbonyl (C=O) groups excluding carboxylic acids is 1. The topological polar surface area (TPSA) is 109 Å². The molecule has 174 valence electrons. The first kappa shape index (κ1) is 25.3. The van der Waals surface area contributed by atoms with Crippen LogP contribution in [0.1, 0.15) is 16.8 Å². The maximum atomic E-state index is 13.7. The number of halogens is 4. The van der Waals surface area contributed by atoms with Crippen LogP contribution in [0.25, 0.3) is 0 Å². The zero-order valence-corrected chi connectivity index (χ0v) is 18.2. The quantitative estimate of drug-likeness (QED) is 0.433. The van der Waals surface area contributed by atoms with E-state index in [0.29, 0.717) is 6.07 Å². The van der Waals surface area contributed by atoms with E-state index in [0.717, 1.165) is 30.5 Å². The van der Waals surface area contributed by atoms with E-state index in [1.807, 2.05) is 4.72 Å². The molecule has 2 N–H and O–H groups in total. The van der Waals surface area contributed by atoms with E-state index < -0.39 is 66.9 Å². The molecule has 0 bridgehead atoms. The summed E-state index contributed by atoms with van der Waals surface area (Å²) in [7, 11) is -8.16. The second kappa shape index (κ2) is 9.28. The Balaban J connectivity index is 2.28. The molecule has 2 aromatic rings. The standard InChI is InChI=1S/C19H18F4N2O5S2/c1-12(19(21,22)23)8-9-24-18(26)16-7-6-13(20)10-17(16)25-32(29,30)15-5-3-4-14(11-15)31(2,27)28/h3-7,10-11,25H,1,8-9H2,2H3,(H,24,26). The number of carbonyl (C=O) groups is 1. The Morgan fingerprint density at radius 3 is 2.25 bits per heavy atom. The normalized spacial score (nSPS) is 12.3. The van der Waals surface area contributed by atoms with E-state index in [2.05, 4.69) is 11.9 Å². The van der Waals surface area contributed by atoms with Crippen LogP contribution in [0.5, 0.6) is 0 Å². The van der Waals surface area contributed by atoms with Crippen LogP contribution in [0.4, 0.5) is 23.2 Å². The van der Waals surface area contributed by atoms with Crippen molar-refractivity contribution in [2.24, 2.45) is 0 Å². The molecule has 7 nitrogen and oxygen atoms in total. The lowest BCUT2D eigenvalue weighted by atomic mass is 10.1. The van der Waals surface area contributed by atoms with Gasteiger partial charge >= 0.3 is 6.18 Å². The van der Waals surface area contributed by atoms with Crippen LogP contribution >= 0.6 is 0 Å². The van der Waals surface area contributed by atoms with Crippen molar-refractivity contribution < 1.29 is 39.2 Å². The molecule has 2 aromatic carbocycles. The monoisotopic (exact) mass is 494 g/mol. The molecule has 0 aliphatic carbocycles. The van der Waals surface area contributed by atoms with Crippen LogP contribution in [0.2, 0.25) is 0 Å². The van der Waals surface area contributed by atoms with Gasteiger partial charge in [0.15, 0.2) is 9.84 Å². The second-order valence-electron chi connectivity index (χ2n) is 6.65. The highest BCUT2D eigenvalue weighted by Gasteiger charge is 2.31. The van der Waals surface area contributed by atoms with Crippen molar-refractivity contribution in [2.45, 2.75) is 22.4 Å². The highest BCUT2D eigenvalue weighted by Crippen LogP contribution is 2.26. The summed E-state index contributed by atoms with van der Waals surface area (Å²) < 4.78 is 102. The van der Waals surface area contributed by atoms with Crippen molar-refractivity contribution in [3.63, 3.8) is 0 Å². The molecule has 0 saturated carbocycles. The number of sulfonamides is 1. The lowest BCUT2D eigenvalue weighted by molar-refractivity contribution is -0.0934. The van der Waals surface area contributed by atoms with Gasteiger partial charge in [0, 0.05) is 18.4 Å². The first-order valence-electron chi connectivity index (χ1n) is 8.77. The van der Waals surface area contributed by atoms with Crippen LogP contribution < -0.4 is 10.0 Å². The molecule has 1 amide bonds. The molecule has 0 saturated heterocycles. The van der Waals surface area contributed by atoms with E-state index in [-0.39, 0.29) is 10.5 Å². The summed E-state index contributed by atoms with van der Waals surface area (Å²) in [6, 6.07) is 6.89. The molecule has 0 unspecified atom stereocenters. The Hall–Kier alpha value is -2.93. The van der Waals surface area contributed by atoms with Crippen molar-refractivity contribution in [3.8, 4) is 0 Å². The third-order valence-corrected chi connectivity index (χ3v) is 6.60. The van der Waals surface area contributed by atoms with E-state index in [4.69, 9.17) is 0 Å². The number of anilines is 1. The fourth-order valence-electron chi connectivity index (χ4n) is 2.44. The molecule has 32 heavy (non-hydrogen) atoms.